The number of allylic oxidation sites excluding steroid dienone is 1. The highest BCUT2D eigenvalue weighted by Crippen LogP contribution is 2.11. The van der Waals surface area contributed by atoms with Gasteiger partial charge in [0.25, 0.3) is 5.56 Å². The molecule has 3 heteroatoms. The summed E-state index contributed by atoms with van der Waals surface area (Å²) in [5.74, 6) is 0. The number of hydrogen-bond donors (Lipinski definition) is 1. The first kappa shape index (κ1) is 8.81. The number of aromatic amines is 1. The maximum Gasteiger partial charge on any atom is 0.260 e. The molecule has 0 aromatic carbocycles. The zero-order valence-corrected chi connectivity index (χ0v) is 8.08. The zero-order chi connectivity index (χ0) is 10.1. The van der Waals surface area contributed by atoms with E-state index in [0.717, 1.165) is 16.5 Å². The van der Waals surface area contributed by atoms with Crippen molar-refractivity contribution in [2.75, 3.05) is 0 Å². The molecule has 0 amide bonds. The average Bonchev–Trinajstić information content (AvgIpc) is 2.63. The Morgan fingerprint density at radius 2 is 2.43 bits per heavy atom. The normalized spacial score (nSPS) is 10.6. The van der Waals surface area contributed by atoms with Crippen molar-refractivity contribution < 1.29 is 0 Å². The first-order valence-corrected chi connectivity index (χ1v) is 4.52. The molecule has 0 spiro atoms. The first-order chi connectivity index (χ1) is 6.74. The summed E-state index contributed by atoms with van der Waals surface area (Å²) in [4.78, 5) is 14.9. The van der Waals surface area contributed by atoms with Crippen molar-refractivity contribution in [2.24, 2.45) is 0 Å². The number of pyridine rings is 1. The van der Waals surface area contributed by atoms with E-state index in [4.69, 9.17) is 0 Å². The summed E-state index contributed by atoms with van der Waals surface area (Å²) < 4.78 is 1.67. The molecule has 72 valence electrons. The van der Waals surface area contributed by atoms with Gasteiger partial charge in [0.2, 0.25) is 0 Å². The van der Waals surface area contributed by atoms with Crippen molar-refractivity contribution in [1.82, 2.24) is 9.55 Å². The highest BCUT2D eigenvalue weighted by molar-refractivity contribution is 5.81. The highest BCUT2D eigenvalue weighted by atomic mass is 16.1. The third-order valence-corrected chi connectivity index (χ3v) is 2.31. The lowest BCUT2D eigenvalue weighted by Crippen LogP contribution is -2.19. The third-order valence-electron chi connectivity index (χ3n) is 2.31. The summed E-state index contributed by atoms with van der Waals surface area (Å²) in [6.07, 6.45) is 5.36. The van der Waals surface area contributed by atoms with Crippen LogP contribution in [0.2, 0.25) is 0 Å². The van der Waals surface area contributed by atoms with Gasteiger partial charge in [-0.25, -0.2) is 0 Å². The maximum atomic E-state index is 11.8. The number of fused-ring (bicyclic) bond motifs is 1. The van der Waals surface area contributed by atoms with Crippen LogP contribution in [0.5, 0.6) is 0 Å². The lowest BCUT2D eigenvalue weighted by Gasteiger charge is -2.04. The average molecular weight is 188 g/mol. The van der Waals surface area contributed by atoms with Gasteiger partial charge in [-0.2, -0.15) is 0 Å². The molecule has 1 N–H and O–H groups in total. The Morgan fingerprint density at radius 3 is 3.14 bits per heavy atom. The second-order valence-corrected chi connectivity index (χ2v) is 3.32. The lowest BCUT2D eigenvalue weighted by atomic mass is 10.2. The van der Waals surface area contributed by atoms with Gasteiger partial charge >= 0.3 is 0 Å². The van der Waals surface area contributed by atoms with E-state index in [0.29, 0.717) is 6.54 Å². The van der Waals surface area contributed by atoms with Gasteiger partial charge in [-0.3, -0.25) is 4.79 Å². The number of aryl methyl sites for hydroxylation is 1. The third kappa shape index (κ3) is 1.18. The van der Waals surface area contributed by atoms with Crippen LogP contribution in [0.3, 0.4) is 0 Å². The Balaban J connectivity index is 2.81. The van der Waals surface area contributed by atoms with Crippen LogP contribution in [0, 0.1) is 6.92 Å². The highest BCUT2D eigenvalue weighted by Gasteiger charge is 2.05. The first-order valence-electron chi connectivity index (χ1n) is 4.52. The number of hydrogen-bond acceptors (Lipinski definition) is 1. The summed E-state index contributed by atoms with van der Waals surface area (Å²) in [5.41, 5.74) is 2.04. The molecule has 3 nitrogen and oxygen atoms in total. The summed E-state index contributed by atoms with van der Waals surface area (Å²) in [6, 6.07) is 1.81. The topological polar surface area (TPSA) is 37.8 Å². The molecule has 14 heavy (non-hydrogen) atoms. The molecular formula is C11H12N2O. The van der Waals surface area contributed by atoms with Crippen LogP contribution in [0.25, 0.3) is 10.9 Å². The Labute approximate surface area is 81.7 Å². The standard InChI is InChI=1S/C11H12N2O/c1-3-6-13-7-8(2)10-9(11(13)14)4-5-12-10/h3-5,7,12H,1,6H2,2H3. The molecule has 2 aromatic rings. The number of aromatic nitrogens is 2. The predicted octanol–water partition coefficient (Wildman–Crippen LogP) is 1.82. The van der Waals surface area contributed by atoms with Crippen molar-refractivity contribution in [2.45, 2.75) is 13.5 Å². The summed E-state index contributed by atoms with van der Waals surface area (Å²) in [7, 11) is 0. The van der Waals surface area contributed by atoms with Gasteiger partial charge in [-0.1, -0.05) is 6.08 Å². The van der Waals surface area contributed by atoms with Gasteiger partial charge < -0.3 is 9.55 Å². The Morgan fingerprint density at radius 1 is 1.64 bits per heavy atom. The van der Waals surface area contributed by atoms with Crippen LogP contribution in [0.4, 0.5) is 0 Å². The van der Waals surface area contributed by atoms with E-state index >= 15 is 0 Å². The van der Waals surface area contributed by atoms with Crippen LogP contribution in [-0.2, 0) is 6.54 Å². The minimum atomic E-state index is 0.0340. The van der Waals surface area contributed by atoms with E-state index in [9.17, 15) is 4.79 Å². The van der Waals surface area contributed by atoms with Crippen molar-refractivity contribution in [3.05, 3.63) is 47.0 Å². The SMILES string of the molecule is C=CCn1cc(C)c2[nH]ccc2c1=O. The Bertz CT molecular complexity index is 534. The Kier molecular flexibility index (Phi) is 2.00. The summed E-state index contributed by atoms with van der Waals surface area (Å²) in [6.45, 7) is 6.17. The molecule has 2 rings (SSSR count). The number of nitrogens with one attached hydrogen (secondary N) is 1. The van der Waals surface area contributed by atoms with Crippen molar-refractivity contribution in [3.63, 3.8) is 0 Å². The van der Waals surface area contributed by atoms with Gasteiger partial charge in [0.1, 0.15) is 0 Å². The lowest BCUT2D eigenvalue weighted by molar-refractivity contribution is 0.785. The van der Waals surface area contributed by atoms with E-state index in [1.165, 1.54) is 0 Å². The minimum absolute atomic E-state index is 0.0340. The Hall–Kier alpha value is -1.77. The summed E-state index contributed by atoms with van der Waals surface area (Å²) in [5, 5.41) is 0.742. The molecule has 2 heterocycles. The second-order valence-electron chi connectivity index (χ2n) is 3.32. The smallest absolute Gasteiger partial charge is 0.260 e. The number of H-pyrrole nitrogens is 1. The quantitative estimate of drug-likeness (QED) is 0.717. The molecule has 0 radical (unpaired) electrons. The van der Waals surface area contributed by atoms with Crippen molar-refractivity contribution in [3.8, 4) is 0 Å². The van der Waals surface area contributed by atoms with Crippen LogP contribution in [0.15, 0.2) is 35.9 Å². The van der Waals surface area contributed by atoms with Crippen LogP contribution in [0.1, 0.15) is 5.56 Å². The van der Waals surface area contributed by atoms with Crippen LogP contribution < -0.4 is 5.56 Å². The molecule has 0 aliphatic rings. The molecule has 0 unspecified atom stereocenters. The molecule has 0 aliphatic carbocycles. The summed E-state index contributed by atoms with van der Waals surface area (Å²) >= 11 is 0. The van der Waals surface area contributed by atoms with Crippen LogP contribution in [-0.4, -0.2) is 9.55 Å². The number of rotatable bonds is 2. The molecule has 0 saturated heterocycles. The molecule has 0 atom stereocenters. The molecule has 0 bridgehead atoms. The van der Waals surface area contributed by atoms with Gasteiger partial charge in [-0.05, 0) is 18.6 Å². The van der Waals surface area contributed by atoms with Gasteiger partial charge in [0.15, 0.2) is 0 Å². The molecular weight excluding hydrogens is 176 g/mol. The fourth-order valence-electron chi connectivity index (χ4n) is 1.66. The van der Waals surface area contributed by atoms with Crippen LogP contribution >= 0.6 is 0 Å². The van der Waals surface area contributed by atoms with Crippen molar-refractivity contribution in [1.29, 1.82) is 0 Å². The van der Waals surface area contributed by atoms with Gasteiger partial charge in [-0.15, -0.1) is 6.58 Å². The fourth-order valence-corrected chi connectivity index (χ4v) is 1.66. The van der Waals surface area contributed by atoms with E-state index in [1.807, 2.05) is 19.2 Å². The molecule has 0 saturated carbocycles. The minimum Gasteiger partial charge on any atom is -0.361 e. The van der Waals surface area contributed by atoms with Crippen molar-refractivity contribution >= 4 is 10.9 Å². The van der Waals surface area contributed by atoms with Gasteiger partial charge in [0, 0.05) is 18.9 Å². The number of nitrogens with zero attached hydrogens (tertiary/aromatic N) is 1. The fraction of sp³-hybridized carbons (Fsp3) is 0.182. The maximum absolute atomic E-state index is 11.8. The molecule has 0 fully saturated rings. The van der Waals surface area contributed by atoms with Gasteiger partial charge in [0.05, 0.1) is 10.9 Å². The monoisotopic (exact) mass is 188 g/mol. The molecule has 2 aromatic heterocycles. The zero-order valence-electron chi connectivity index (χ0n) is 8.08. The van der Waals surface area contributed by atoms with E-state index in [2.05, 4.69) is 11.6 Å². The van der Waals surface area contributed by atoms with E-state index in [-0.39, 0.29) is 5.56 Å². The second kappa shape index (κ2) is 3.18. The van der Waals surface area contributed by atoms with E-state index < -0.39 is 0 Å². The molecule has 0 aliphatic heterocycles. The largest absolute Gasteiger partial charge is 0.361 e. The van der Waals surface area contributed by atoms with E-state index in [1.54, 1.807) is 16.8 Å². The predicted molar refractivity (Wildman–Crippen MR) is 57.5 cm³/mol.